The largest absolute Gasteiger partial charge is 0.336 e. The standard InChI is InChI=1S/C16H16N4O5/c1-3-8-17-14(21)18(9-4-2)16(23)19(15(17)22)11-12-6-5-7-13(10-12)20(24)25/h3-7,10H,1-2,8-9,11H2. The molecule has 0 spiro atoms. The van der Waals surface area contributed by atoms with Crippen LogP contribution in [0.15, 0.2) is 64.0 Å². The number of nitro benzene ring substituents is 1. The van der Waals surface area contributed by atoms with Crippen LogP contribution >= 0.6 is 0 Å². The van der Waals surface area contributed by atoms with E-state index in [4.69, 9.17) is 0 Å². The van der Waals surface area contributed by atoms with Crippen LogP contribution in [0.5, 0.6) is 0 Å². The molecule has 25 heavy (non-hydrogen) atoms. The average Bonchev–Trinajstić information content (AvgIpc) is 2.59. The van der Waals surface area contributed by atoms with Crippen LogP contribution in [-0.2, 0) is 19.6 Å². The van der Waals surface area contributed by atoms with E-state index >= 15 is 0 Å². The Kier molecular flexibility index (Phi) is 5.28. The lowest BCUT2D eigenvalue weighted by atomic mass is 10.2. The predicted molar refractivity (Wildman–Crippen MR) is 91.8 cm³/mol. The van der Waals surface area contributed by atoms with E-state index in [1.807, 2.05) is 0 Å². The smallest absolute Gasteiger partial charge is 0.258 e. The summed E-state index contributed by atoms with van der Waals surface area (Å²) in [7, 11) is 0. The fourth-order valence-corrected chi connectivity index (χ4v) is 2.34. The van der Waals surface area contributed by atoms with Crippen LogP contribution in [0.4, 0.5) is 5.69 Å². The second-order valence-corrected chi connectivity index (χ2v) is 5.16. The first-order valence-corrected chi connectivity index (χ1v) is 7.30. The lowest BCUT2D eigenvalue weighted by Crippen LogP contribution is -2.54. The maximum Gasteiger partial charge on any atom is 0.336 e. The minimum absolute atomic E-state index is 0.0654. The first-order valence-electron chi connectivity index (χ1n) is 7.30. The fraction of sp³-hybridized carbons (Fsp3) is 0.188. The van der Waals surface area contributed by atoms with E-state index in [0.29, 0.717) is 5.56 Å². The van der Waals surface area contributed by atoms with Gasteiger partial charge in [0.2, 0.25) is 0 Å². The molecule has 1 aromatic heterocycles. The molecule has 1 aromatic carbocycles. The highest BCUT2D eigenvalue weighted by Crippen LogP contribution is 2.13. The monoisotopic (exact) mass is 344 g/mol. The summed E-state index contributed by atoms with van der Waals surface area (Å²) in [5.41, 5.74) is -2.13. The number of benzene rings is 1. The molecule has 0 amide bonds. The molecule has 2 aromatic rings. The maximum atomic E-state index is 12.5. The highest BCUT2D eigenvalue weighted by atomic mass is 16.6. The zero-order chi connectivity index (χ0) is 18.6. The molecule has 0 aliphatic rings. The predicted octanol–water partition coefficient (Wildman–Crippen LogP) is 0.500. The summed E-state index contributed by atoms with van der Waals surface area (Å²) in [6.45, 7) is 6.65. The van der Waals surface area contributed by atoms with Crippen LogP contribution in [0.2, 0.25) is 0 Å². The molecule has 130 valence electrons. The molecule has 0 N–H and O–H groups in total. The van der Waals surface area contributed by atoms with Crippen molar-refractivity contribution < 1.29 is 4.92 Å². The van der Waals surface area contributed by atoms with Crippen molar-refractivity contribution in [3.8, 4) is 0 Å². The van der Waals surface area contributed by atoms with E-state index < -0.39 is 22.0 Å². The van der Waals surface area contributed by atoms with Crippen molar-refractivity contribution in [1.29, 1.82) is 0 Å². The Morgan fingerprint density at radius 1 is 0.960 bits per heavy atom. The van der Waals surface area contributed by atoms with Crippen LogP contribution in [-0.4, -0.2) is 18.6 Å². The Hall–Kier alpha value is -3.49. The first kappa shape index (κ1) is 17.9. The van der Waals surface area contributed by atoms with E-state index in [0.717, 1.165) is 13.7 Å². The maximum absolute atomic E-state index is 12.5. The molecule has 0 saturated heterocycles. The number of allylic oxidation sites excluding steroid dienone is 2. The summed E-state index contributed by atoms with van der Waals surface area (Å²) < 4.78 is 2.60. The number of hydrogen-bond donors (Lipinski definition) is 0. The molecule has 0 aliphatic heterocycles. The Balaban J connectivity index is 2.66. The topological polar surface area (TPSA) is 109 Å². The quantitative estimate of drug-likeness (QED) is 0.413. The van der Waals surface area contributed by atoms with Crippen LogP contribution in [0.1, 0.15) is 5.56 Å². The normalized spacial score (nSPS) is 10.4. The van der Waals surface area contributed by atoms with Crippen molar-refractivity contribution in [1.82, 2.24) is 13.7 Å². The molecular weight excluding hydrogens is 328 g/mol. The average molecular weight is 344 g/mol. The molecule has 2 rings (SSSR count). The van der Waals surface area contributed by atoms with Gasteiger partial charge < -0.3 is 0 Å². The molecule has 0 unspecified atom stereocenters. The van der Waals surface area contributed by atoms with Gasteiger partial charge in [-0.3, -0.25) is 10.1 Å². The summed E-state index contributed by atoms with van der Waals surface area (Å²) >= 11 is 0. The lowest BCUT2D eigenvalue weighted by molar-refractivity contribution is -0.384. The van der Waals surface area contributed by atoms with Gasteiger partial charge in [0.15, 0.2) is 0 Å². The Morgan fingerprint density at radius 3 is 1.96 bits per heavy atom. The van der Waals surface area contributed by atoms with Gasteiger partial charge in [-0.15, -0.1) is 13.2 Å². The minimum atomic E-state index is -0.804. The first-order chi connectivity index (χ1) is 11.9. The molecule has 0 saturated carbocycles. The van der Waals surface area contributed by atoms with Crippen LogP contribution in [0, 0.1) is 10.1 Å². The highest BCUT2D eigenvalue weighted by Gasteiger charge is 2.15. The van der Waals surface area contributed by atoms with Gasteiger partial charge in [-0.2, -0.15) is 0 Å². The van der Waals surface area contributed by atoms with Gasteiger partial charge in [0.25, 0.3) is 5.69 Å². The third-order valence-corrected chi connectivity index (χ3v) is 3.47. The van der Waals surface area contributed by atoms with Gasteiger partial charge in [0, 0.05) is 12.1 Å². The second kappa shape index (κ2) is 7.39. The van der Waals surface area contributed by atoms with Gasteiger partial charge in [0.1, 0.15) is 0 Å². The van der Waals surface area contributed by atoms with Gasteiger partial charge in [-0.05, 0) is 5.56 Å². The van der Waals surface area contributed by atoms with Gasteiger partial charge in [-0.25, -0.2) is 28.1 Å². The third kappa shape index (κ3) is 3.55. The van der Waals surface area contributed by atoms with Crippen molar-refractivity contribution in [2.75, 3.05) is 0 Å². The molecule has 0 bridgehead atoms. The van der Waals surface area contributed by atoms with E-state index in [1.54, 1.807) is 6.07 Å². The Labute approximate surface area is 141 Å². The van der Waals surface area contributed by atoms with E-state index in [1.165, 1.54) is 30.4 Å². The number of aromatic nitrogens is 3. The summed E-state index contributed by atoms with van der Waals surface area (Å²) in [5, 5.41) is 10.9. The van der Waals surface area contributed by atoms with Gasteiger partial charge in [-0.1, -0.05) is 24.3 Å². The van der Waals surface area contributed by atoms with E-state index in [2.05, 4.69) is 13.2 Å². The van der Waals surface area contributed by atoms with E-state index in [-0.39, 0.29) is 25.3 Å². The molecule has 0 atom stereocenters. The molecule has 9 nitrogen and oxygen atoms in total. The van der Waals surface area contributed by atoms with Crippen molar-refractivity contribution >= 4 is 5.69 Å². The Morgan fingerprint density at radius 2 is 1.48 bits per heavy atom. The number of nitro groups is 1. The minimum Gasteiger partial charge on any atom is -0.258 e. The van der Waals surface area contributed by atoms with E-state index in [9.17, 15) is 24.5 Å². The summed E-state index contributed by atoms with van der Waals surface area (Å²) in [6.07, 6.45) is 2.73. The zero-order valence-corrected chi connectivity index (χ0v) is 13.3. The van der Waals surface area contributed by atoms with Crippen molar-refractivity contribution in [2.24, 2.45) is 0 Å². The molecule has 9 heteroatoms. The van der Waals surface area contributed by atoms with Crippen molar-refractivity contribution in [2.45, 2.75) is 19.6 Å². The summed E-state index contributed by atoms with van der Waals surface area (Å²) in [5.74, 6) is 0. The van der Waals surface area contributed by atoms with Crippen LogP contribution in [0.25, 0.3) is 0 Å². The van der Waals surface area contributed by atoms with Crippen molar-refractivity contribution in [3.05, 3.63) is 96.7 Å². The molecule has 1 heterocycles. The highest BCUT2D eigenvalue weighted by molar-refractivity contribution is 5.34. The molecule has 0 radical (unpaired) electrons. The number of non-ortho nitro benzene ring substituents is 1. The van der Waals surface area contributed by atoms with Gasteiger partial charge in [0.05, 0.1) is 24.6 Å². The molecule has 0 fully saturated rings. The fourth-order valence-electron chi connectivity index (χ4n) is 2.34. The zero-order valence-electron chi connectivity index (χ0n) is 13.3. The van der Waals surface area contributed by atoms with Crippen LogP contribution in [0.3, 0.4) is 0 Å². The third-order valence-electron chi connectivity index (χ3n) is 3.47. The van der Waals surface area contributed by atoms with Crippen LogP contribution < -0.4 is 17.1 Å². The lowest BCUT2D eigenvalue weighted by Gasteiger charge is -2.12. The van der Waals surface area contributed by atoms with Gasteiger partial charge >= 0.3 is 17.1 Å². The molecule has 0 aliphatic carbocycles. The van der Waals surface area contributed by atoms with Crippen molar-refractivity contribution in [3.63, 3.8) is 0 Å². The Bertz CT molecular complexity index is 964. The number of rotatable bonds is 7. The molecular formula is C16H16N4O5. The number of hydrogen-bond acceptors (Lipinski definition) is 5. The summed E-state index contributed by atoms with van der Waals surface area (Å²) in [4.78, 5) is 47.5. The number of nitrogens with zero attached hydrogens (tertiary/aromatic N) is 4. The SMILES string of the molecule is C=CCn1c(=O)n(CC=C)c(=O)n(Cc2cccc([N+](=O)[O-])c2)c1=O. The second-order valence-electron chi connectivity index (χ2n) is 5.16. The summed E-state index contributed by atoms with van der Waals surface area (Å²) in [6, 6.07) is 5.59.